The Morgan fingerprint density at radius 3 is 2.14 bits per heavy atom. The van der Waals surface area contributed by atoms with Crippen LogP contribution in [0, 0.1) is 0 Å². The molecular weight excluding hydrogens is 183 g/mol. The zero-order valence-corrected chi connectivity index (χ0v) is 8.99. The van der Waals surface area contributed by atoms with E-state index in [0.717, 1.165) is 0 Å². The van der Waals surface area contributed by atoms with Crippen molar-refractivity contribution in [1.29, 1.82) is 0 Å². The maximum absolute atomic E-state index is 10.9. The molecular formula is C9H17BO4. The van der Waals surface area contributed by atoms with Gasteiger partial charge in [-0.3, -0.25) is 0 Å². The molecule has 0 saturated heterocycles. The monoisotopic (exact) mass is 200 g/mol. The first-order chi connectivity index (χ1) is 6.74. The molecule has 0 heterocycles. The maximum atomic E-state index is 10.9. The summed E-state index contributed by atoms with van der Waals surface area (Å²) in [7, 11) is -0.464. The third-order valence-electron chi connectivity index (χ3n) is 1.34. The Morgan fingerprint density at radius 1 is 1.14 bits per heavy atom. The normalized spacial score (nSPS) is 10.5. The van der Waals surface area contributed by atoms with Crippen molar-refractivity contribution in [3.63, 3.8) is 0 Å². The fourth-order valence-electron chi connectivity index (χ4n) is 0.835. The van der Waals surface area contributed by atoms with Crippen LogP contribution in [0.2, 0.25) is 0 Å². The van der Waals surface area contributed by atoms with Gasteiger partial charge in [0.15, 0.2) is 0 Å². The second-order valence-corrected chi connectivity index (χ2v) is 2.39. The van der Waals surface area contributed by atoms with Gasteiger partial charge in [-0.05, 0) is 26.7 Å². The standard InChI is InChI=1S/C9H17BO4/c1-4-12-9(11)7-8-10(13-5-2)14-6-3/h7-8H,4-6H2,1-3H3/b8-7+. The highest BCUT2D eigenvalue weighted by Gasteiger charge is 2.12. The van der Waals surface area contributed by atoms with E-state index in [-0.39, 0.29) is 5.97 Å². The van der Waals surface area contributed by atoms with Crippen molar-refractivity contribution in [3.8, 4) is 0 Å². The fourth-order valence-corrected chi connectivity index (χ4v) is 0.835. The number of ether oxygens (including phenoxy) is 1. The van der Waals surface area contributed by atoms with E-state index < -0.39 is 7.12 Å². The summed E-state index contributed by atoms with van der Waals surface area (Å²) in [4.78, 5) is 10.9. The van der Waals surface area contributed by atoms with E-state index in [1.807, 2.05) is 13.8 Å². The Kier molecular flexibility index (Phi) is 8.27. The largest absolute Gasteiger partial charge is 0.486 e. The van der Waals surface area contributed by atoms with Crippen molar-refractivity contribution in [3.05, 3.63) is 12.1 Å². The van der Waals surface area contributed by atoms with E-state index in [2.05, 4.69) is 0 Å². The van der Waals surface area contributed by atoms with Crippen LogP contribution in [0.5, 0.6) is 0 Å². The van der Waals surface area contributed by atoms with Crippen molar-refractivity contribution >= 4 is 13.1 Å². The lowest BCUT2D eigenvalue weighted by atomic mass is 9.89. The molecule has 0 N–H and O–H groups in total. The van der Waals surface area contributed by atoms with Crippen molar-refractivity contribution in [2.45, 2.75) is 20.8 Å². The zero-order valence-electron chi connectivity index (χ0n) is 8.99. The predicted octanol–water partition coefficient (Wildman–Crippen LogP) is 1.21. The highest BCUT2D eigenvalue weighted by atomic mass is 16.6. The molecule has 0 radical (unpaired) electrons. The molecule has 14 heavy (non-hydrogen) atoms. The second-order valence-electron chi connectivity index (χ2n) is 2.39. The van der Waals surface area contributed by atoms with Gasteiger partial charge in [0.05, 0.1) is 6.61 Å². The average Bonchev–Trinajstić information content (AvgIpc) is 2.15. The van der Waals surface area contributed by atoms with Crippen LogP contribution in [0.3, 0.4) is 0 Å². The van der Waals surface area contributed by atoms with Crippen LogP contribution in [0.1, 0.15) is 20.8 Å². The molecule has 0 bridgehead atoms. The lowest BCUT2D eigenvalue weighted by Crippen LogP contribution is -2.21. The lowest BCUT2D eigenvalue weighted by Gasteiger charge is -2.07. The molecule has 0 aromatic carbocycles. The second kappa shape index (κ2) is 8.78. The Morgan fingerprint density at radius 2 is 1.71 bits per heavy atom. The van der Waals surface area contributed by atoms with Crippen LogP contribution in [-0.4, -0.2) is 32.9 Å². The summed E-state index contributed by atoms with van der Waals surface area (Å²) in [5.41, 5.74) is 0. The number of carbonyl (C=O) groups excluding carboxylic acids is 1. The zero-order chi connectivity index (χ0) is 10.8. The average molecular weight is 200 g/mol. The molecule has 0 spiro atoms. The third-order valence-corrected chi connectivity index (χ3v) is 1.34. The SMILES string of the molecule is CCOB(/C=C/C(=O)OCC)OCC. The summed E-state index contributed by atoms with van der Waals surface area (Å²) in [5.74, 6) is 1.17. The molecule has 0 rings (SSSR count). The van der Waals surface area contributed by atoms with Crippen LogP contribution in [-0.2, 0) is 18.8 Å². The molecule has 0 amide bonds. The molecule has 0 fully saturated rings. The van der Waals surface area contributed by atoms with Crippen molar-refractivity contribution in [2.75, 3.05) is 19.8 Å². The summed E-state index contributed by atoms with van der Waals surface area (Å²) in [5, 5.41) is 0. The van der Waals surface area contributed by atoms with Crippen LogP contribution >= 0.6 is 0 Å². The van der Waals surface area contributed by atoms with Crippen LogP contribution < -0.4 is 0 Å². The highest BCUT2D eigenvalue weighted by molar-refractivity contribution is 6.51. The molecule has 0 aliphatic rings. The molecule has 0 unspecified atom stereocenters. The Labute approximate surface area is 85.4 Å². The summed E-state index contributed by atoms with van der Waals surface area (Å²) in [6, 6.07) is 0. The first-order valence-electron chi connectivity index (χ1n) is 4.82. The van der Waals surface area contributed by atoms with Gasteiger partial charge in [-0.15, -0.1) is 0 Å². The van der Waals surface area contributed by atoms with E-state index in [4.69, 9.17) is 14.0 Å². The summed E-state index contributed by atoms with van der Waals surface area (Å²) < 4.78 is 15.1. The van der Waals surface area contributed by atoms with Gasteiger partial charge in [-0.2, -0.15) is 0 Å². The summed E-state index contributed by atoms with van der Waals surface area (Å²) in [6.07, 6.45) is 1.32. The van der Waals surface area contributed by atoms with Gasteiger partial charge >= 0.3 is 13.1 Å². The quantitative estimate of drug-likeness (QED) is 0.352. The van der Waals surface area contributed by atoms with Gasteiger partial charge in [0.25, 0.3) is 0 Å². The first kappa shape index (κ1) is 13.2. The van der Waals surface area contributed by atoms with E-state index in [0.29, 0.717) is 19.8 Å². The first-order valence-corrected chi connectivity index (χ1v) is 4.82. The van der Waals surface area contributed by atoms with Crippen molar-refractivity contribution in [1.82, 2.24) is 0 Å². The van der Waals surface area contributed by atoms with Gasteiger partial charge in [0.1, 0.15) is 0 Å². The topological polar surface area (TPSA) is 44.8 Å². The minimum Gasteiger partial charge on any atom is -0.463 e. The fraction of sp³-hybridized carbons (Fsp3) is 0.667. The van der Waals surface area contributed by atoms with Gasteiger partial charge < -0.3 is 14.0 Å². The van der Waals surface area contributed by atoms with E-state index in [1.165, 1.54) is 6.08 Å². The highest BCUT2D eigenvalue weighted by Crippen LogP contribution is 1.93. The number of hydrogen-bond acceptors (Lipinski definition) is 4. The number of esters is 1. The Bertz CT molecular complexity index is 176. The van der Waals surface area contributed by atoms with E-state index in [1.54, 1.807) is 12.9 Å². The molecule has 0 aliphatic carbocycles. The van der Waals surface area contributed by atoms with Crippen LogP contribution in [0.25, 0.3) is 0 Å². The maximum Gasteiger partial charge on any atom is 0.486 e. The van der Waals surface area contributed by atoms with Gasteiger partial charge in [0, 0.05) is 19.3 Å². The number of rotatable bonds is 7. The molecule has 0 aliphatic heterocycles. The molecule has 5 heteroatoms. The van der Waals surface area contributed by atoms with Crippen LogP contribution in [0.4, 0.5) is 0 Å². The molecule has 80 valence electrons. The summed E-state index contributed by atoms with van der Waals surface area (Å²) >= 11 is 0. The molecule has 4 nitrogen and oxygen atoms in total. The number of carbonyl (C=O) groups is 1. The third kappa shape index (κ3) is 6.68. The van der Waals surface area contributed by atoms with Crippen LogP contribution in [0.15, 0.2) is 12.1 Å². The lowest BCUT2D eigenvalue weighted by molar-refractivity contribution is -0.137. The van der Waals surface area contributed by atoms with Gasteiger partial charge in [-0.25, -0.2) is 4.79 Å². The molecule has 0 atom stereocenters. The molecule has 0 aromatic heterocycles. The van der Waals surface area contributed by atoms with Gasteiger partial charge in [0.2, 0.25) is 0 Å². The van der Waals surface area contributed by atoms with Gasteiger partial charge in [-0.1, -0.05) is 0 Å². The predicted molar refractivity (Wildman–Crippen MR) is 54.8 cm³/mol. The molecule has 0 aromatic rings. The van der Waals surface area contributed by atoms with Crippen molar-refractivity contribution < 1.29 is 18.8 Å². The van der Waals surface area contributed by atoms with Crippen molar-refractivity contribution in [2.24, 2.45) is 0 Å². The van der Waals surface area contributed by atoms with E-state index >= 15 is 0 Å². The smallest absolute Gasteiger partial charge is 0.463 e. The number of hydrogen-bond donors (Lipinski definition) is 0. The Balaban J connectivity index is 3.93. The molecule has 0 saturated carbocycles. The van der Waals surface area contributed by atoms with E-state index in [9.17, 15) is 4.79 Å². The summed E-state index contributed by atoms with van der Waals surface area (Å²) in [6.45, 7) is 6.94. The Hall–Kier alpha value is -0.805. The minimum absolute atomic E-state index is 0.372. The minimum atomic E-state index is -0.464.